The molecular formula is C15H19BrN4O7P. The highest BCUT2D eigenvalue weighted by Gasteiger charge is 2.27. The van der Waals surface area contributed by atoms with Gasteiger partial charge in [0.2, 0.25) is 0 Å². The molecule has 2 N–H and O–H groups in total. The first-order valence-corrected chi connectivity index (χ1v) is 10.5. The van der Waals surface area contributed by atoms with Crippen LogP contribution in [0.5, 0.6) is 0 Å². The fourth-order valence-corrected chi connectivity index (χ4v) is 3.06. The number of phosphoric acid groups is 1. The lowest BCUT2D eigenvalue weighted by atomic mass is 10.0. The highest BCUT2D eigenvalue weighted by molar-refractivity contribution is 9.09. The molecule has 1 radical (unpaired) electrons. The second-order valence-corrected chi connectivity index (χ2v) is 7.51. The fraction of sp³-hybridized carbons (Fsp3) is 0.400. The molecule has 0 bridgehead atoms. The van der Waals surface area contributed by atoms with Crippen molar-refractivity contribution in [3.8, 4) is 6.07 Å². The molecule has 0 aliphatic heterocycles. The SMILES string of the molecule is [CH2]CN(CCBr)c1cc(C(=O)N(C)CCOP(=O)(O)O)c([N+](=O)[O-])cc1C#N. The third kappa shape index (κ3) is 6.54. The Morgan fingerprint density at radius 3 is 2.57 bits per heavy atom. The number of likely N-dealkylation sites (N-methyl/N-ethyl adjacent to an activating group) is 1. The highest BCUT2D eigenvalue weighted by atomic mass is 79.9. The number of alkyl halides is 1. The highest BCUT2D eigenvalue weighted by Crippen LogP contribution is 2.35. The summed E-state index contributed by atoms with van der Waals surface area (Å²) in [7, 11) is -3.38. The smallest absolute Gasteiger partial charge is 0.370 e. The summed E-state index contributed by atoms with van der Waals surface area (Å²) < 4.78 is 15.0. The summed E-state index contributed by atoms with van der Waals surface area (Å²) in [6.45, 7) is 3.81. The maximum Gasteiger partial charge on any atom is 0.469 e. The lowest BCUT2D eigenvalue weighted by molar-refractivity contribution is -0.385. The predicted octanol–water partition coefficient (Wildman–Crippen LogP) is 1.68. The first kappa shape index (κ1) is 24.0. The molecule has 1 amide bonds. The molecule has 0 aliphatic carbocycles. The third-order valence-corrected chi connectivity index (χ3v) is 4.53. The first-order valence-electron chi connectivity index (χ1n) is 7.84. The van der Waals surface area contributed by atoms with Gasteiger partial charge in [-0.05, 0) is 13.0 Å². The molecule has 0 heterocycles. The van der Waals surface area contributed by atoms with Gasteiger partial charge in [0.1, 0.15) is 11.6 Å². The minimum absolute atomic E-state index is 0.0281. The van der Waals surface area contributed by atoms with E-state index in [1.807, 2.05) is 6.07 Å². The summed E-state index contributed by atoms with van der Waals surface area (Å²) in [6.07, 6.45) is 0. The maximum absolute atomic E-state index is 12.7. The molecule has 1 aromatic rings. The predicted molar refractivity (Wildman–Crippen MR) is 104 cm³/mol. The second kappa shape index (κ2) is 10.5. The number of nitro groups is 1. The Morgan fingerprint density at radius 2 is 2.11 bits per heavy atom. The molecule has 13 heteroatoms. The molecule has 153 valence electrons. The number of phosphoric ester groups is 1. The van der Waals surface area contributed by atoms with Gasteiger partial charge < -0.3 is 19.6 Å². The second-order valence-electron chi connectivity index (χ2n) is 5.48. The maximum atomic E-state index is 12.7. The largest absolute Gasteiger partial charge is 0.469 e. The van der Waals surface area contributed by atoms with Gasteiger partial charge in [-0.1, -0.05) is 15.9 Å². The van der Waals surface area contributed by atoms with Crippen LogP contribution < -0.4 is 4.90 Å². The zero-order chi connectivity index (χ0) is 21.5. The Labute approximate surface area is 170 Å². The Hall–Kier alpha value is -2.03. The van der Waals surface area contributed by atoms with Gasteiger partial charge in [-0.15, -0.1) is 0 Å². The van der Waals surface area contributed by atoms with Crippen LogP contribution in [0.1, 0.15) is 15.9 Å². The van der Waals surface area contributed by atoms with E-state index in [0.717, 1.165) is 11.0 Å². The lowest BCUT2D eigenvalue weighted by Gasteiger charge is -2.24. The number of carbonyl (C=O) groups is 1. The number of carbonyl (C=O) groups excluding carboxylic acids is 1. The van der Waals surface area contributed by atoms with Crippen molar-refractivity contribution < 1.29 is 28.6 Å². The number of anilines is 1. The summed E-state index contributed by atoms with van der Waals surface area (Å²) in [5.74, 6) is -0.755. The minimum atomic E-state index is -4.69. The van der Waals surface area contributed by atoms with Crippen LogP contribution in [-0.4, -0.2) is 64.1 Å². The van der Waals surface area contributed by atoms with Gasteiger partial charge in [0.25, 0.3) is 11.6 Å². The molecule has 0 unspecified atom stereocenters. The number of nitrogens with zero attached hydrogens (tertiary/aromatic N) is 4. The van der Waals surface area contributed by atoms with Crippen molar-refractivity contribution in [2.24, 2.45) is 0 Å². The third-order valence-electron chi connectivity index (χ3n) is 3.66. The zero-order valence-corrected chi connectivity index (χ0v) is 17.4. The molecule has 28 heavy (non-hydrogen) atoms. The average molecular weight is 478 g/mol. The van der Waals surface area contributed by atoms with Gasteiger partial charge in [0, 0.05) is 38.1 Å². The van der Waals surface area contributed by atoms with E-state index in [2.05, 4.69) is 27.4 Å². The van der Waals surface area contributed by atoms with Crippen LogP contribution in [0.15, 0.2) is 12.1 Å². The van der Waals surface area contributed by atoms with E-state index in [0.29, 0.717) is 17.6 Å². The first-order chi connectivity index (χ1) is 13.1. The van der Waals surface area contributed by atoms with Gasteiger partial charge in [-0.2, -0.15) is 5.26 Å². The molecule has 1 rings (SSSR count). The van der Waals surface area contributed by atoms with Crippen LogP contribution in [0.4, 0.5) is 11.4 Å². The van der Waals surface area contributed by atoms with Gasteiger partial charge in [0.15, 0.2) is 0 Å². The van der Waals surface area contributed by atoms with Crippen molar-refractivity contribution in [1.29, 1.82) is 5.26 Å². The van der Waals surface area contributed by atoms with E-state index in [9.17, 15) is 24.7 Å². The Bertz CT molecular complexity index is 823. The zero-order valence-electron chi connectivity index (χ0n) is 14.9. The molecular weight excluding hydrogens is 459 g/mol. The van der Waals surface area contributed by atoms with Gasteiger partial charge >= 0.3 is 7.82 Å². The quantitative estimate of drug-likeness (QED) is 0.221. The number of nitro benzene ring substituents is 1. The Balaban J connectivity index is 3.30. The van der Waals surface area contributed by atoms with Crippen molar-refractivity contribution in [1.82, 2.24) is 4.90 Å². The van der Waals surface area contributed by atoms with E-state index in [4.69, 9.17) is 9.79 Å². The number of hydrogen-bond acceptors (Lipinski definition) is 7. The molecule has 0 atom stereocenters. The average Bonchev–Trinajstić information content (AvgIpc) is 2.63. The van der Waals surface area contributed by atoms with Crippen LogP contribution in [0, 0.1) is 28.4 Å². The molecule has 0 aliphatic rings. The Kier molecular flexibility index (Phi) is 9.00. The number of hydrogen-bond donors (Lipinski definition) is 2. The van der Waals surface area contributed by atoms with Crippen LogP contribution in [0.3, 0.4) is 0 Å². The van der Waals surface area contributed by atoms with Crippen LogP contribution >= 0.6 is 23.8 Å². The standard InChI is InChI=1S/C15H19BrN4O7P/c1-3-19(5-4-16)13-9-12(14(20(22)23)8-11(13)10-17)15(21)18(2)6-7-27-28(24,25)26/h8-9H,1,3-7H2,2H3,(H2,24,25,26). The van der Waals surface area contributed by atoms with E-state index >= 15 is 0 Å². The summed E-state index contributed by atoms with van der Waals surface area (Å²) >= 11 is 3.27. The van der Waals surface area contributed by atoms with E-state index in [-0.39, 0.29) is 24.2 Å². The number of halogens is 1. The molecule has 0 aromatic heterocycles. The van der Waals surface area contributed by atoms with Crippen molar-refractivity contribution >= 4 is 41.0 Å². The Morgan fingerprint density at radius 1 is 1.46 bits per heavy atom. The van der Waals surface area contributed by atoms with Crippen molar-refractivity contribution in [3.05, 3.63) is 40.3 Å². The van der Waals surface area contributed by atoms with Gasteiger partial charge in [-0.25, -0.2) is 4.57 Å². The fourth-order valence-electron chi connectivity index (χ4n) is 2.31. The number of amides is 1. The van der Waals surface area contributed by atoms with E-state index < -0.39 is 30.9 Å². The molecule has 0 spiro atoms. The molecule has 0 saturated carbocycles. The number of benzene rings is 1. The van der Waals surface area contributed by atoms with Gasteiger partial charge in [-0.3, -0.25) is 19.4 Å². The summed E-state index contributed by atoms with van der Waals surface area (Å²) in [6, 6.07) is 4.17. The molecule has 1 aromatic carbocycles. The van der Waals surface area contributed by atoms with Crippen LogP contribution in [0.25, 0.3) is 0 Å². The summed E-state index contributed by atoms with van der Waals surface area (Å²) in [4.78, 5) is 43.4. The van der Waals surface area contributed by atoms with E-state index in [1.165, 1.54) is 13.1 Å². The lowest BCUT2D eigenvalue weighted by Crippen LogP contribution is -2.31. The summed E-state index contributed by atoms with van der Waals surface area (Å²) in [5, 5.41) is 21.3. The molecule has 0 saturated heterocycles. The molecule has 11 nitrogen and oxygen atoms in total. The monoisotopic (exact) mass is 477 g/mol. The summed E-state index contributed by atoms with van der Waals surface area (Å²) in [5.41, 5.74) is -0.451. The van der Waals surface area contributed by atoms with Crippen LogP contribution in [-0.2, 0) is 9.09 Å². The minimum Gasteiger partial charge on any atom is -0.370 e. The topological polar surface area (TPSA) is 157 Å². The van der Waals surface area contributed by atoms with E-state index in [1.54, 1.807) is 4.90 Å². The van der Waals surface area contributed by atoms with Gasteiger partial charge in [0.05, 0.1) is 22.8 Å². The van der Waals surface area contributed by atoms with Crippen LogP contribution in [0.2, 0.25) is 0 Å². The van der Waals surface area contributed by atoms with Crippen molar-refractivity contribution in [2.75, 3.05) is 43.5 Å². The molecule has 0 fully saturated rings. The number of nitriles is 1. The van der Waals surface area contributed by atoms with Crippen molar-refractivity contribution in [3.63, 3.8) is 0 Å². The van der Waals surface area contributed by atoms with Crippen molar-refractivity contribution in [2.45, 2.75) is 0 Å². The number of rotatable bonds is 10. The normalized spacial score (nSPS) is 11.0.